The van der Waals surface area contributed by atoms with Crippen LogP contribution in [0, 0.1) is 5.92 Å². The molecule has 1 fully saturated rings. The van der Waals surface area contributed by atoms with Crippen LogP contribution in [0.2, 0.25) is 0 Å². The monoisotopic (exact) mass is 254 g/mol. The van der Waals surface area contributed by atoms with Gasteiger partial charge in [-0.3, -0.25) is 4.79 Å². The van der Waals surface area contributed by atoms with Gasteiger partial charge < -0.3 is 10.6 Å². The summed E-state index contributed by atoms with van der Waals surface area (Å²) in [7, 11) is 0. The van der Waals surface area contributed by atoms with Gasteiger partial charge in [0.05, 0.1) is 0 Å². The fourth-order valence-corrected chi connectivity index (χ4v) is 2.57. The number of amides is 1. The van der Waals surface area contributed by atoms with E-state index in [-0.39, 0.29) is 5.91 Å². The van der Waals surface area contributed by atoms with Crippen LogP contribution in [0.3, 0.4) is 0 Å². The lowest BCUT2D eigenvalue weighted by molar-refractivity contribution is -0.122. The third-order valence-electron chi connectivity index (χ3n) is 3.73. The molecule has 0 aromatic carbocycles. The summed E-state index contributed by atoms with van der Waals surface area (Å²) in [6.07, 6.45) is 10.8. The zero-order valence-corrected chi connectivity index (χ0v) is 12.0. The summed E-state index contributed by atoms with van der Waals surface area (Å²) >= 11 is 0. The molecular formula is C15H30N2O. The van der Waals surface area contributed by atoms with Gasteiger partial charge in [-0.15, -0.1) is 0 Å². The fourth-order valence-electron chi connectivity index (χ4n) is 2.57. The normalized spacial score (nSPS) is 19.7. The molecule has 1 heterocycles. The summed E-state index contributed by atoms with van der Waals surface area (Å²) < 4.78 is 0. The average molecular weight is 254 g/mol. The molecule has 3 nitrogen and oxygen atoms in total. The first kappa shape index (κ1) is 15.5. The van der Waals surface area contributed by atoms with Crippen molar-refractivity contribution in [2.75, 3.05) is 19.6 Å². The van der Waals surface area contributed by atoms with E-state index in [0.717, 1.165) is 26.1 Å². The molecule has 106 valence electrons. The van der Waals surface area contributed by atoms with Crippen molar-refractivity contribution >= 4 is 5.91 Å². The highest BCUT2D eigenvalue weighted by Crippen LogP contribution is 2.13. The van der Waals surface area contributed by atoms with E-state index in [4.69, 9.17) is 0 Å². The molecule has 0 aromatic rings. The van der Waals surface area contributed by atoms with Crippen molar-refractivity contribution < 1.29 is 4.79 Å². The van der Waals surface area contributed by atoms with Crippen LogP contribution in [-0.2, 0) is 4.79 Å². The molecule has 2 N–H and O–H groups in total. The molecule has 0 spiro atoms. The Balaban J connectivity index is 1.90. The first-order valence-corrected chi connectivity index (χ1v) is 7.80. The fraction of sp³-hybridized carbons (Fsp3) is 0.933. The van der Waals surface area contributed by atoms with Gasteiger partial charge in [-0.05, 0) is 38.3 Å². The van der Waals surface area contributed by atoms with E-state index in [1.807, 2.05) is 0 Å². The first-order chi connectivity index (χ1) is 8.83. The minimum Gasteiger partial charge on any atom is -0.356 e. The highest BCUT2D eigenvalue weighted by Gasteiger charge is 2.16. The second-order valence-corrected chi connectivity index (χ2v) is 5.53. The van der Waals surface area contributed by atoms with Gasteiger partial charge in [0.1, 0.15) is 0 Å². The third-order valence-corrected chi connectivity index (χ3v) is 3.73. The quantitative estimate of drug-likeness (QED) is 0.621. The Morgan fingerprint density at radius 2 is 2.00 bits per heavy atom. The predicted octanol–water partition coefficient (Wildman–Crippen LogP) is 2.85. The summed E-state index contributed by atoms with van der Waals surface area (Å²) in [6, 6.07) is 0. The Labute approximate surface area is 112 Å². The van der Waals surface area contributed by atoms with Crippen LogP contribution in [0.4, 0.5) is 0 Å². The van der Waals surface area contributed by atoms with E-state index in [9.17, 15) is 4.79 Å². The number of carbonyl (C=O) groups excluding carboxylic acids is 1. The van der Waals surface area contributed by atoms with Crippen LogP contribution in [0.5, 0.6) is 0 Å². The van der Waals surface area contributed by atoms with Crippen LogP contribution >= 0.6 is 0 Å². The predicted molar refractivity (Wildman–Crippen MR) is 76.6 cm³/mol. The van der Waals surface area contributed by atoms with Gasteiger partial charge in [0.25, 0.3) is 0 Å². The number of hydrogen-bond donors (Lipinski definition) is 2. The van der Waals surface area contributed by atoms with Gasteiger partial charge in [0.2, 0.25) is 5.91 Å². The first-order valence-electron chi connectivity index (χ1n) is 7.80. The van der Waals surface area contributed by atoms with E-state index in [0.29, 0.717) is 12.3 Å². The van der Waals surface area contributed by atoms with Crippen molar-refractivity contribution in [1.29, 1.82) is 0 Å². The molecular weight excluding hydrogens is 224 g/mol. The van der Waals surface area contributed by atoms with Crippen LogP contribution in [-0.4, -0.2) is 25.5 Å². The Kier molecular flexibility index (Phi) is 8.92. The molecule has 0 bridgehead atoms. The molecule has 3 heteroatoms. The van der Waals surface area contributed by atoms with Crippen LogP contribution in [0.15, 0.2) is 0 Å². The average Bonchev–Trinajstić information content (AvgIpc) is 2.39. The zero-order chi connectivity index (χ0) is 13.1. The van der Waals surface area contributed by atoms with Gasteiger partial charge in [-0.1, -0.05) is 39.0 Å². The minimum atomic E-state index is 0.247. The zero-order valence-electron chi connectivity index (χ0n) is 12.0. The Hall–Kier alpha value is -0.570. The topological polar surface area (TPSA) is 41.1 Å². The van der Waals surface area contributed by atoms with Crippen molar-refractivity contribution in [2.24, 2.45) is 5.92 Å². The third kappa shape index (κ3) is 7.70. The lowest BCUT2D eigenvalue weighted by Gasteiger charge is -2.22. The Morgan fingerprint density at radius 1 is 1.22 bits per heavy atom. The van der Waals surface area contributed by atoms with Crippen molar-refractivity contribution in [1.82, 2.24) is 10.6 Å². The molecule has 1 saturated heterocycles. The van der Waals surface area contributed by atoms with Gasteiger partial charge in [-0.2, -0.15) is 0 Å². The molecule has 0 aromatic heterocycles. The second-order valence-electron chi connectivity index (χ2n) is 5.53. The number of rotatable bonds is 9. The molecule has 18 heavy (non-hydrogen) atoms. The number of piperidine rings is 1. The maximum atomic E-state index is 11.7. The molecule has 1 atom stereocenters. The highest BCUT2D eigenvalue weighted by molar-refractivity contribution is 5.76. The largest absolute Gasteiger partial charge is 0.356 e. The van der Waals surface area contributed by atoms with Crippen LogP contribution in [0.1, 0.15) is 64.7 Å². The van der Waals surface area contributed by atoms with Crippen molar-refractivity contribution in [2.45, 2.75) is 64.7 Å². The molecule has 0 radical (unpaired) electrons. The van der Waals surface area contributed by atoms with E-state index < -0.39 is 0 Å². The SMILES string of the molecule is CCCCCCCCNC(=O)CC1CCCNC1. The van der Waals surface area contributed by atoms with Crippen molar-refractivity contribution in [3.8, 4) is 0 Å². The maximum absolute atomic E-state index is 11.7. The Bertz CT molecular complexity index is 213. The molecule has 1 unspecified atom stereocenters. The minimum absolute atomic E-state index is 0.247. The van der Waals surface area contributed by atoms with E-state index in [2.05, 4.69) is 17.6 Å². The second kappa shape index (κ2) is 10.4. The number of nitrogens with one attached hydrogen (secondary N) is 2. The highest BCUT2D eigenvalue weighted by atomic mass is 16.1. The van der Waals surface area contributed by atoms with Gasteiger partial charge in [0.15, 0.2) is 0 Å². The molecule has 0 saturated carbocycles. The summed E-state index contributed by atoms with van der Waals surface area (Å²) in [5, 5.41) is 6.41. The van der Waals surface area contributed by atoms with Gasteiger partial charge in [-0.25, -0.2) is 0 Å². The lowest BCUT2D eigenvalue weighted by atomic mass is 9.96. The molecule has 1 rings (SSSR count). The Morgan fingerprint density at radius 3 is 2.72 bits per heavy atom. The van der Waals surface area contributed by atoms with Crippen LogP contribution in [0.25, 0.3) is 0 Å². The standard InChI is InChI=1S/C15H30N2O/c1-2-3-4-5-6-7-11-17-15(18)12-14-9-8-10-16-13-14/h14,16H,2-13H2,1H3,(H,17,18). The molecule has 1 aliphatic rings. The number of carbonyl (C=O) groups is 1. The molecule has 1 amide bonds. The lowest BCUT2D eigenvalue weighted by Crippen LogP contribution is -2.34. The number of unbranched alkanes of at least 4 members (excludes halogenated alkanes) is 5. The maximum Gasteiger partial charge on any atom is 0.220 e. The summed E-state index contributed by atoms with van der Waals surface area (Å²) in [5.74, 6) is 0.806. The van der Waals surface area contributed by atoms with Crippen molar-refractivity contribution in [3.05, 3.63) is 0 Å². The summed E-state index contributed by atoms with van der Waals surface area (Å²) in [6.45, 7) is 5.24. The van der Waals surface area contributed by atoms with Crippen molar-refractivity contribution in [3.63, 3.8) is 0 Å². The number of hydrogen-bond acceptors (Lipinski definition) is 2. The molecule has 0 aliphatic carbocycles. The van der Waals surface area contributed by atoms with Gasteiger partial charge in [0, 0.05) is 13.0 Å². The van der Waals surface area contributed by atoms with E-state index in [1.54, 1.807) is 0 Å². The van der Waals surface area contributed by atoms with Crippen LogP contribution < -0.4 is 10.6 Å². The summed E-state index contributed by atoms with van der Waals surface area (Å²) in [4.78, 5) is 11.7. The summed E-state index contributed by atoms with van der Waals surface area (Å²) in [5.41, 5.74) is 0. The van der Waals surface area contributed by atoms with Gasteiger partial charge >= 0.3 is 0 Å². The van der Waals surface area contributed by atoms with E-state index in [1.165, 1.54) is 44.9 Å². The van der Waals surface area contributed by atoms with E-state index >= 15 is 0 Å². The smallest absolute Gasteiger partial charge is 0.220 e. The molecule has 1 aliphatic heterocycles.